The molecule has 118 valence electrons. The van der Waals surface area contributed by atoms with Crippen LogP contribution in [0.5, 0.6) is 0 Å². The molecule has 1 saturated carbocycles. The summed E-state index contributed by atoms with van der Waals surface area (Å²) < 4.78 is 28.1. The third kappa shape index (κ3) is 5.36. The molecule has 2 rings (SSSR count). The summed E-state index contributed by atoms with van der Waals surface area (Å²) in [7, 11) is -3.44. The first-order valence-corrected chi connectivity index (χ1v) is 9.79. The minimum atomic E-state index is -3.44. The van der Waals surface area contributed by atoms with Gasteiger partial charge in [0.1, 0.15) is 0 Å². The fourth-order valence-corrected chi connectivity index (χ4v) is 4.21. The van der Waals surface area contributed by atoms with Gasteiger partial charge >= 0.3 is 0 Å². The van der Waals surface area contributed by atoms with Crippen LogP contribution in [0.15, 0.2) is 27.6 Å². The molecule has 0 aliphatic heterocycles. The smallest absolute Gasteiger partial charge is 0.241 e. The Balaban J connectivity index is 2.02. The van der Waals surface area contributed by atoms with Gasteiger partial charge in [-0.2, -0.15) is 0 Å². The average molecular weight is 375 g/mol. The van der Waals surface area contributed by atoms with Crippen molar-refractivity contribution in [1.82, 2.24) is 10.0 Å². The Morgan fingerprint density at radius 2 is 2.05 bits per heavy atom. The van der Waals surface area contributed by atoms with E-state index in [9.17, 15) is 8.42 Å². The minimum Gasteiger partial charge on any atom is -0.313 e. The van der Waals surface area contributed by atoms with Crippen molar-refractivity contribution in [1.29, 1.82) is 0 Å². The van der Waals surface area contributed by atoms with Gasteiger partial charge in [-0.05, 0) is 58.9 Å². The van der Waals surface area contributed by atoms with E-state index in [4.69, 9.17) is 0 Å². The molecule has 0 aromatic heterocycles. The average Bonchev–Trinajstić information content (AvgIpc) is 3.25. The fourth-order valence-electron chi connectivity index (χ4n) is 2.15. The van der Waals surface area contributed by atoms with E-state index < -0.39 is 10.0 Å². The summed E-state index contributed by atoms with van der Waals surface area (Å²) >= 11 is 3.34. The van der Waals surface area contributed by atoms with Gasteiger partial charge < -0.3 is 5.32 Å². The number of nitrogens with one attached hydrogen (secondary N) is 2. The molecular weight excluding hydrogens is 352 g/mol. The third-order valence-electron chi connectivity index (χ3n) is 3.58. The van der Waals surface area contributed by atoms with Crippen LogP contribution in [-0.4, -0.2) is 21.5 Å². The molecule has 4 nitrogen and oxygen atoms in total. The van der Waals surface area contributed by atoms with E-state index in [0.29, 0.717) is 22.5 Å². The Kier molecular flexibility index (Phi) is 6.22. The highest BCUT2D eigenvalue weighted by Crippen LogP contribution is 2.32. The molecule has 6 heteroatoms. The molecule has 1 aliphatic rings. The van der Waals surface area contributed by atoms with E-state index in [1.807, 2.05) is 6.07 Å². The van der Waals surface area contributed by atoms with Crippen molar-refractivity contribution in [3.05, 3.63) is 28.2 Å². The molecule has 0 bridgehead atoms. The van der Waals surface area contributed by atoms with Crippen molar-refractivity contribution in [2.75, 3.05) is 13.1 Å². The lowest BCUT2D eigenvalue weighted by Crippen LogP contribution is -2.25. The zero-order valence-electron chi connectivity index (χ0n) is 12.4. The zero-order chi connectivity index (χ0) is 15.3. The Morgan fingerprint density at radius 1 is 1.29 bits per heavy atom. The molecule has 1 fully saturated rings. The lowest BCUT2D eigenvalue weighted by molar-refractivity contribution is 0.574. The summed E-state index contributed by atoms with van der Waals surface area (Å²) in [4.78, 5) is 0.328. The van der Waals surface area contributed by atoms with Crippen molar-refractivity contribution in [3.63, 3.8) is 0 Å². The lowest BCUT2D eigenvalue weighted by Gasteiger charge is -2.11. The highest BCUT2D eigenvalue weighted by Gasteiger charge is 2.23. The van der Waals surface area contributed by atoms with Crippen LogP contribution in [0, 0.1) is 5.92 Å². The van der Waals surface area contributed by atoms with Gasteiger partial charge in [0, 0.05) is 17.6 Å². The molecule has 1 aromatic rings. The summed E-state index contributed by atoms with van der Waals surface area (Å²) in [5, 5.41) is 3.29. The van der Waals surface area contributed by atoms with Crippen molar-refractivity contribution in [3.8, 4) is 0 Å². The zero-order valence-corrected chi connectivity index (χ0v) is 14.8. The van der Waals surface area contributed by atoms with Crippen molar-refractivity contribution in [2.24, 2.45) is 5.92 Å². The highest BCUT2D eigenvalue weighted by atomic mass is 79.9. The van der Waals surface area contributed by atoms with Gasteiger partial charge in [-0.3, -0.25) is 0 Å². The first kappa shape index (κ1) is 16.9. The standard InChI is InChI=1S/C15H23BrN2O2S/c1-2-8-17-11-13-5-6-14(16)15(10-13)21(19,20)18-9-7-12-3-4-12/h5-6,10,12,17-18H,2-4,7-9,11H2,1H3. The Hall–Kier alpha value is -0.430. The number of sulfonamides is 1. The molecule has 21 heavy (non-hydrogen) atoms. The second kappa shape index (κ2) is 7.72. The topological polar surface area (TPSA) is 58.2 Å². The number of hydrogen-bond donors (Lipinski definition) is 2. The summed E-state index contributed by atoms with van der Waals surface area (Å²) in [5.41, 5.74) is 0.981. The van der Waals surface area contributed by atoms with E-state index >= 15 is 0 Å². The number of rotatable bonds is 9. The van der Waals surface area contributed by atoms with Gasteiger partial charge in [-0.1, -0.05) is 25.8 Å². The SMILES string of the molecule is CCCNCc1ccc(Br)c(S(=O)(=O)NCCC2CC2)c1. The molecule has 0 unspecified atom stereocenters. The molecule has 0 amide bonds. The normalized spacial score (nSPS) is 15.3. The van der Waals surface area contributed by atoms with Gasteiger partial charge in [0.05, 0.1) is 4.90 Å². The third-order valence-corrected chi connectivity index (χ3v) is 6.04. The maximum Gasteiger partial charge on any atom is 0.241 e. The molecule has 0 radical (unpaired) electrons. The second-order valence-electron chi connectivity index (χ2n) is 5.57. The highest BCUT2D eigenvalue weighted by molar-refractivity contribution is 9.10. The first-order chi connectivity index (χ1) is 10.0. The van der Waals surface area contributed by atoms with Gasteiger partial charge in [-0.15, -0.1) is 0 Å². The molecular formula is C15H23BrN2O2S. The maximum absolute atomic E-state index is 12.4. The molecule has 0 saturated heterocycles. The Labute approximate surface area is 135 Å². The summed E-state index contributed by atoms with van der Waals surface area (Å²) in [6, 6.07) is 5.49. The summed E-state index contributed by atoms with van der Waals surface area (Å²) in [6.07, 6.45) is 4.48. The van der Waals surface area contributed by atoms with Crippen LogP contribution in [0.4, 0.5) is 0 Å². The van der Waals surface area contributed by atoms with Crippen LogP contribution in [0.25, 0.3) is 0 Å². The Morgan fingerprint density at radius 3 is 2.71 bits per heavy atom. The molecule has 1 aliphatic carbocycles. The molecule has 0 heterocycles. The van der Waals surface area contributed by atoms with Crippen LogP contribution < -0.4 is 10.0 Å². The fraction of sp³-hybridized carbons (Fsp3) is 0.600. The van der Waals surface area contributed by atoms with Crippen LogP contribution >= 0.6 is 15.9 Å². The van der Waals surface area contributed by atoms with E-state index in [2.05, 4.69) is 32.9 Å². The number of hydrogen-bond acceptors (Lipinski definition) is 3. The summed E-state index contributed by atoms with van der Waals surface area (Å²) in [6.45, 7) is 4.25. The van der Waals surface area contributed by atoms with Crippen LogP contribution in [-0.2, 0) is 16.6 Å². The van der Waals surface area contributed by atoms with Crippen LogP contribution in [0.2, 0.25) is 0 Å². The predicted molar refractivity (Wildman–Crippen MR) is 88.7 cm³/mol. The van der Waals surface area contributed by atoms with Gasteiger partial charge in [0.25, 0.3) is 0 Å². The monoisotopic (exact) mass is 374 g/mol. The predicted octanol–water partition coefficient (Wildman–Crippen LogP) is 3.03. The van der Waals surface area contributed by atoms with Crippen molar-refractivity contribution >= 4 is 26.0 Å². The number of halogens is 1. The van der Waals surface area contributed by atoms with Gasteiger partial charge in [0.2, 0.25) is 10.0 Å². The van der Waals surface area contributed by atoms with Crippen LogP contribution in [0.3, 0.4) is 0 Å². The molecule has 0 atom stereocenters. The molecule has 1 aromatic carbocycles. The summed E-state index contributed by atoms with van der Waals surface area (Å²) in [5.74, 6) is 0.723. The molecule has 2 N–H and O–H groups in total. The molecule has 0 spiro atoms. The van der Waals surface area contributed by atoms with E-state index in [-0.39, 0.29) is 0 Å². The quantitative estimate of drug-likeness (QED) is 0.653. The van der Waals surface area contributed by atoms with Gasteiger partial charge in [-0.25, -0.2) is 13.1 Å². The van der Waals surface area contributed by atoms with E-state index in [1.165, 1.54) is 12.8 Å². The number of benzene rings is 1. The van der Waals surface area contributed by atoms with E-state index in [1.54, 1.807) is 12.1 Å². The Bertz CT molecular complexity index is 571. The van der Waals surface area contributed by atoms with E-state index in [0.717, 1.165) is 30.9 Å². The lowest BCUT2D eigenvalue weighted by atomic mass is 10.2. The largest absolute Gasteiger partial charge is 0.313 e. The van der Waals surface area contributed by atoms with Crippen molar-refractivity contribution in [2.45, 2.75) is 44.0 Å². The maximum atomic E-state index is 12.4. The first-order valence-electron chi connectivity index (χ1n) is 7.51. The minimum absolute atomic E-state index is 0.328. The van der Waals surface area contributed by atoms with Crippen LogP contribution in [0.1, 0.15) is 38.2 Å². The second-order valence-corrected chi connectivity index (χ2v) is 8.16. The van der Waals surface area contributed by atoms with Crippen molar-refractivity contribution < 1.29 is 8.42 Å². The van der Waals surface area contributed by atoms with Gasteiger partial charge in [0.15, 0.2) is 0 Å².